The molecule has 2 nitrogen and oxygen atoms in total. The Morgan fingerprint density at radius 3 is 2.61 bits per heavy atom. The van der Waals surface area contributed by atoms with E-state index in [4.69, 9.17) is 23.2 Å². The molecular formula is C13H14Cl2N2S. The fourth-order valence-corrected chi connectivity index (χ4v) is 3.19. The van der Waals surface area contributed by atoms with Gasteiger partial charge in [0.1, 0.15) is 5.15 Å². The first-order valence-electron chi connectivity index (χ1n) is 5.74. The van der Waals surface area contributed by atoms with Crippen molar-refractivity contribution in [2.45, 2.75) is 26.8 Å². The average molecular weight is 301 g/mol. The van der Waals surface area contributed by atoms with Crippen LogP contribution in [0.5, 0.6) is 0 Å². The molecule has 0 saturated heterocycles. The Balaban J connectivity index is 2.10. The van der Waals surface area contributed by atoms with Crippen molar-refractivity contribution in [3.63, 3.8) is 0 Å². The van der Waals surface area contributed by atoms with Gasteiger partial charge in [0.2, 0.25) is 0 Å². The molecular weight excluding hydrogens is 287 g/mol. The Labute approximate surface area is 121 Å². The van der Waals surface area contributed by atoms with E-state index in [-0.39, 0.29) is 0 Å². The summed E-state index contributed by atoms with van der Waals surface area (Å²) in [5, 5.41) is 4.17. The van der Waals surface area contributed by atoms with E-state index in [9.17, 15) is 0 Å². The monoisotopic (exact) mass is 300 g/mol. The second-order valence-electron chi connectivity index (χ2n) is 4.00. The topological polar surface area (TPSA) is 24.9 Å². The van der Waals surface area contributed by atoms with Crippen molar-refractivity contribution in [2.75, 3.05) is 5.32 Å². The van der Waals surface area contributed by atoms with Crippen LogP contribution in [0.1, 0.15) is 22.2 Å². The number of pyridine rings is 1. The molecule has 0 unspecified atom stereocenters. The summed E-state index contributed by atoms with van der Waals surface area (Å²) in [7, 11) is 0. The third kappa shape index (κ3) is 3.16. The lowest BCUT2D eigenvalue weighted by molar-refractivity contribution is 1.16. The molecule has 0 aliphatic rings. The minimum Gasteiger partial charge on any atom is -0.377 e. The lowest BCUT2D eigenvalue weighted by Gasteiger charge is -2.10. The average Bonchev–Trinajstić information content (AvgIpc) is 2.75. The zero-order valence-electron chi connectivity index (χ0n) is 10.3. The first kappa shape index (κ1) is 13.7. The Morgan fingerprint density at radius 2 is 2.00 bits per heavy atom. The summed E-state index contributed by atoms with van der Waals surface area (Å²) in [6, 6.07) is 6.11. The summed E-state index contributed by atoms with van der Waals surface area (Å²) in [6.07, 6.45) is 1.08. The number of anilines is 1. The molecule has 2 heterocycles. The van der Waals surface area contributed by atoms with E-state index in [0.29, 0.717) is 10.3 Å². The number of aryl methyl sites for hydroxylation is 2. The molecule has 0 radical (unpaired) electrons. The van der Waals surface area contributed by atoms with Crippen LogP contribution in [-0.4, -0.2) is 4.98 Å². The van der Waals surface area contributed by atoms with Crippen LogP contribution >= 0.6 is 34.5 Å². The van der Waals surface area contributed by atoms with Crippen LogP contribution in [0.15, 0.2) is 18.2 Å². The summed E-state index contributed by atoms with van der Waals surface area (Å²) in [4.78, 5) is 6.72. The van der Waals surface area contributed by atoms with E-state index in [1.807, 2.05) is 24.3 Å². The van der Waals surface area contributed by atoms with E-state index < -0.39 is 0 Å². The third-order valence-electron chi connectivity index (χ3n) is 2.65. The van der Waals surface area contributed by atoms with E-state index in [2.05, 4.69) is 29.4 Å². The van der Waals surface area contributed by atoms with Crippen molar-refractivity contribution in [3.8, 4) is 0 Å². The van der Waals surface area contributed by atoms with Crippen molar-refractivity contribution in [3.05, 3.63) is 43.8 Å². The Bertz CT molecular complexity index is 529. The smallest absolute Gasteiger partial charge is 0.154 e. The van der Waals surface area contributed by atoms with Crippen molar-refractivity contribution >= 4 is 40.2 Å². The maximum absolute atomic E-state index is 6.08. The molecule has 1 N–H and O–H groups in total. The van der Waals surface area contributed by atoms with Gasteiger partial charge in [0.25, 0.3) is 0 Å². The first-order valence-corrected chi connectivity index (χ1v) is 7.31. The molecule has 0 aliphatic carbocycles. The SMILES string of the molecule is CCc1ccc(CNc2c(C)cc(Cl)nc2Cl)s1. The number of hydrogen-bond donors (Lipinski definition) is 1. The Hall–Kier alpha value is -0.770. The second kappa shape index (κ2) is 5.91. The van der Waals surface area contributed by atoms with Gasteiger partial charge in [0, 0.05) is 16.3 Å². The number of hydrogen-bond acceptors (Lipinski definition) is 3. The highest BCUT2D eigenvalue weighted by Gasteiger charge is 2.07. The van der Waals surface area contributed by atoms with Gasteiger partial charge in [-0.15, -0.1) is 11.3 Å². The maximum Gasteiger partial charge on any atom is 0.154 e. The van der Waals surface area contributed by atoms with Crippen LogP contribution in [0.25, 0.3) is 0 Å². The minimum absolute atomic E-state index is 0.423. The molecule has 0 atom stereocenters. The van der Waals surface area contributed by atoms with Gasteiger partial charge in [-0.3, -0.25) is 0 Å². The van der Waals surface area contributed by atoms with Gasteiger partial charge in [-0.1, -0.05) is 30.1 Å². The fraction of sp³-hybridized carbons (Fsp3) is 0.308. The van der Waals surface area contributed by atoms with Gasteiger partial charge in [-0.2, -0.15) is 0 Å². The number of aromatic nitrogens is 1. The van der Waals surface area contributed by atoms with E-state index in [1.165, 1.54) is 9.75 Å². The zero-order valence-corrected chi connectivity index (χ0v) is 12.6. The molecule has 0 saturated carbocycles. The molecule has 0 fully saturated rings. The van der Waals surface area contributed by atoms with Crippen LogP contribution in [0.2, 0.25) is 10.3 Å². The number of halogens is 2. The van der Waals surface area contributed by atoms with Crippen LogP contribution in [0, 0.1) is 6.92 Å². The van der Waals surface area contributed by atoms with Crippen molar-refractivity contribution < 1.29 is 0 Å². The summed E-state index contributed by atoms with van der Waals surface area (Å²) < 4.78 is 0. The summed E-state index contributed by atoms with van der Waals surface area (Å²) in [5.74, 6) is 0. The maximum atomic E-state index is 6.08. The molecule has 0 aliphatic heterocycles. The molecule has 18 heavy (non-hydrogen) atoms. The van der Waals surface area contributed by atoms with Gasteiger partial charge in [-0.25, -0.2) is 4.98 Å². The molecule has 0 aromatic carbocycles. The zero-order chi connectivity index (χ0) is 13.1. The lowest BCUT2D eigenvalue weighted by atomic mass is 10.2. The number of nitrogens with zero attached hydrogens (tertiary/aromatic N) is 1. The molecule has 2 aromatic heterocycles. The predicted octanol–water partition coefficient (Wildman–Crippen LogP) is 4.93. The van der Waals surface area contributed by atoms with Crippen LogP contribution in [0.4, 0.5) is 5.69 Å². The second-order valence-corrected chi connectivity index (χ2v) is 6.00. The van der Waals surface area contributed by atoms with Gasteiger partial charge < -0.3 is 5.32 Å². The summed E-state index contributed by atoms with van der Waals surface area (Å²) in [5.41, 5.74) is 1.86. The molecule has 2 aromatic rings. The highest BCUT2D eigenvalue weighted by molar-refractivity contribution is 7.12. The number of rotatable bonds is 4. The van der Waals surface area contributed by atoms with Crippen LogP contribution in [0.3, 0.4) is 0 Å². The van der Waals surface area contributed by atoms with Gasteiger partial charge in [0.15, 0.2) is 5.15 Å². The van der Waals surface area contributed by atoms with E-state index in [1.54, 1.807) is 0 Å². The highest BCUT2D eigenvalue weighted by Crippen LogP contribution is 2.27. The van der Waals surface area contributed by atoms with Crippen molar-refractivity contribution in [1.29, 1.82) is 0 Å². The normalized spacial score (nSPS) is 10.7. The first-order chi connectivity index (χ1) is 8.60. The summed E-state index contributed by atoms with van der Waals surface area (Å²) >= 11 is 13.7. The largest absolute Gasteiger partial charge is 0.377 e. The van der Waals surface area contributed by atoms with Crippen LogP contribution in [-0.2, 0) is 13.0 Å². The molecule has 0 bridgehead atoms. The van der Waals surface area contributed by atoms with Crippen molar-refractivity contribution in [1.82, 2.24) is 4.98 Å². The van der Waals surface area contributed by atoms with E-state index in [0.717, 1.165) is 24.2 Å². The van der Waals surface area contributed by atoms with Gasteiger partial charge in [-0.05, 0) is 37.1 Å². The molecule has 5 heteroatoms. The summed E-state index contributed by atoms with van der Waals surface area (Å²) in [6.45, 7) is 4.88. The quantitative estimate of drug-likeness (QED) is 0.810. The van der Waals surface area contributed by atoms with Gasteiger partial charge >= 0.3 is 0 Å². The highest BCUT2D eigenvalue weighted by atomic mass is 35.5. The third-order valence-corrected chi connectivity index (χ3v) is 4.34. The molecule has 0 spiro atoms. The molecule has 0 amide bonds. The minimum atomic E-state index is 0.423. The number of thiophene rings is 1. The molecule has 2 rings (SSSR count). The fourth-order valence-electron chi connectivity index (χ4n) is 1.69. The Kier molecular flexibility index (Phi) is 4.49. The van der Waals surface area contributed by atoms with E-state index >= 15 is 0 Å². The van der Waals surface area contributed by atoms with Crippen LogP contribution < -0.4 is 5.32 Å². The van der Waals surface area contributed by atoms with Crippen molar-refractivity contribution in [2.24, 2.45) is 0 Å². The van der Waals surface area contributed by atoms with Gasteiger partial charge in [0.05, 0.1) is 5.69 Å². The number of nitrogens with one attached hydrogen (secondary N) is 1. The standard InChI is InChI=1S/C13H14Cl2N2S/c1-3-9-4-5-10(18-9)7-16-12-8(2)6-11(14)17-13(12)15/h4-6,16H,3,7H2,1-2H3. The molecule has 96 valence electrons. The predicted molar refractivity (Wildman–Crippen MR) is 80.0 cm³/mol. The lowest BCUT2D eigenvalue weighted by Crippen LogP contribution is -2.01. The Morgan fingerprint density at radius 1 is 1.28 bits per heavy atom.